The molecule has 20 heavy (non-hydrogen) atoms. The van der Waals surface area contributed by atoms with Crippen LogP contribution in [0, 0.1) is 5.82 Å². The van der Waals surface area contributed by atoms with Crippen LogP contribution in [0.15, 0.2) is 40.2 Å². The standard InChI is InChI=1S/C13H11FN2O3S/c1-16-12(18)10(7-11(17)19-2)20-13(16)15-9-5-3-4-8(14)6-9/h3-7H,1-2H3/b10-7+,15-13?. The molecule has 0 atom stereocenters. The summed E-state index contributed by atoms with van der Waals surface area (Å²) in [6, 6.07) is 5.72. The molecule has 1 amide bonds. The van der Waals surface area contributed by atoms with Crippen LogP contribution >= 0.6 is 11.8 Å². The topological polar surface area (TPSA) is 59.0 Å². The van der Waals surface area contributed by atoms with Crippen molar-refractivity contribution >= 4 is 34.5 Å². The van der Waals surface area contributed by atoms with Gasteiger partial charge in [0.1, 0.15) is 5.82 Å². The second-order valence-corrected chi connectivity index (χ2v) is 4.88. The maximum absolute atomic E-state index is 13.1. The second kappa shape index (κ2) is 5.87. The zero-order valence-corrected chi connectivity index (χ0v) is 11.6. The molecule has 0 N–H and O–H groups in total. The highest BCUT2D eigenvalue weighted by atomic mass is 32.2. The van der Waals surface area contributed by atoms with Gasteiger partial charge in [-0.05, 0) is 30.0 Å². The quantitative estimate of drug-likeness (QED) is 0.619. The van der Waals surface area contributed by atoms with Crippen molar-refractivity contribution in [1.82, 2.24) is 4.90 Å². The molecule has 1 aromatic carbocycles. The van der Waals surface area contributed by atoms with Crippen LogP contribution in [-0.4, -0.2) is 36.1 Å². The maximum Gasteiger partial charge on any atom is 0.331 e. The molecule has 0 spiro atoms. The van der Waals surface area contributed by atoms with Gasteiger partial charge in [-0.25, -0.2) is 14.2 Å². The number of rotatable bonds is 2. The van der Waals surface area contributed by atoms with Gasteiger partial charge in [0.15, 0.2) is 5.17 Å². The summed E-state index contributed by atoms with van der Waals surface area (Å²) in [5, 5.41) is 0.371. The summed E-state index contributed by atoms with van der Waals surface area (Å²) in [5.74, 6) is -1.37. The lowest BCUT2D eigenvalue weighted by Gasteiger charge is -2.06. The fraction of sp³-hybridized carbons (Fsp3) is 0.154. The molecule has 104 valence electrons. The summed E-state index contributed by atoms with van der Waals surface area (Å²) in [5.41, 5.74) is 0.395. The van der Waals surface area contributed by atoms with Gasteiger partial charge in [0.25, 0.3) is 5.91 Å². The van der Waals surface area contributed by atoms with Crippen molar-refractivity contribution in [2.24, 2.45) is 4.99 Å². The van der Waals surface area contributed by atoms with Crippen molar-refractivity contribution in [2.75, 3.05) is 14.2 Å². The second-order valence-electron chi connectivity index (χ2n) is 3.87. The van der Waals surface area contributed by atoms with E-state index in [-0.39, 0.29) is 10.8 Å². The summed E-state index contributed by atoms with van der Waals surface area (Å²) in [7, 11) is 2.76. The van der Waals surface area contributed by atoms with E-state index in [1.807, 2.05) is 0 Å². The number of amides is 1. The lowest BCUT2D eigenvalue weighted by molar-refractivity contribution is -0.135. The highest BCUT2D eigenvalue weighted by molar-refractivity contribution is 8.18. The van der Waals surface area contributed by atoms with Crippen molar-refractivity contribution in [3.63, 3.8) is 0 Å². The molecule has 0 unspecified atom stereocenters. The van der Waals surface area contributed by atoms with Crippen LogP contribution in [0.4, 0.5) is 10.1 Å². The number of likely N-dealkylation sites (N-methyl/N-ethyl adjacent to an activating group) is 1. The van der Waals surface area contributed by atoms with Crippen LogP contribution in [-0.2, 0) is 14.3 Å². The molecule has 1 fully saturated rings. The Bertz CT molecular complexity index is 628. The molecule has 2 rings (SSSR count). The maximum atomic E-state index is 13.1. The summed E-state index contributed by atoms with van der Waals surface area (Å²) in [6.45, 7) is 0. The van der Waals surface area contributed by atoms with E-state index in [1.165, 1.54) is 37.3 Å². The Morgan fingerprint density at radius 2 is 2.25 bits per heavy atom. The first kappa shape index (κ1) is 14.3. The van der Waals surface area contributed by atoms with Gasteiger partial charge in [-0.15, -0.1) is 0 Å². The number of benzene rings is 1. The molecule has 1 aliphatic heterocycles. The van der Waals surface area contributed by atoms with E-state index >= 15 is 0 Å². The van der Waals surface area contributed by atoms with E-state index in [0.717, 1.165) is 17.8 Å². The molecule has 1 saturated heterocycles. The van der Waals surface area contributed by atoms with Crippen molar-refractivity contribution in [3.05, 3.63) is 41.1 Å². The average Bonchev–Trinajstić information content (AvgIpc) is 2.67. The number of ether oxygens (including phenoxy) is 1. The number of carbonyl (C=O) groups excluding carboxylic acids is 2. The predicted molar refractivity (Wildman–Crippen MR) is 74.0 cm³/mol. The largest absolute Gasteiger partial charge is 0.466 e. The van der Waals surface area contributed by atoms with E-state index in [9.17, 15) is 14.0 Å². The average molecular weight is 294 g/mol. The minimum atomic E-state index is -0.610. The third-order valence-electron chi connectivity index (χ3n) is 2.49. The number of hydrogen-bond acceptors (Lipinski definition) is 5. The molecule has 5 nitrogen and oxygen atoms in total. The zero-order chi connectivity index (χ0) is 14.7. The first-order chi connectivity index (χ1) is 9.51. The summed E-state index contributed by atoms with van der Waals surface area (Å²) < 4.78 is 17.6. The van der Waals surface area contributed by atoms with Crippen LogP contribution in [0.3, 0.4) is 0 Å². The molecule has 0 aromatic heterocycles. The smallest absolute Gasteiger partial charge is 0.331 e. The summed E-state index contributed by atoms with van der Waals surface area (Å²) >= 11 is 1.04. The Morgan fingerprint density at radius 3 is 2.90 bits per heavy atom. The third kappa shape index (κ3) is 3.05. The Kier molecular flexibility index (Phi) is 4.19. The van der Waals surface area contributed by atoms with Gasteiger partial charge in [0.05, 0.1) is 17.7 Å². The van der Waals surface area contributed by atoms with Gasteiger partial charge in [-0.1, -0.05) is 6.07 Å². The van der Waals surface area contributed by atoms with Crippen molar-refractivity contribution in [2.45, 2.75) is 0 Å². The minimum absolute atomic E-state index is 0.217. The molecular weight excluding hydrogens is 283 g/mol. The highest BCUT2D eigenvalue weighted by Gasteiger charge is 2.31. The number of nitrogens with zero attached hydrogens (tertiary/aromatic N) is 2. The molecule has 0 bridgehead atoms. The number of carbonyl (C=O) groups is 2. The Hall–Kier alpha value is -2.15. The van der Waals surface area contributed by atoms with Gasteiger partial charge in [-0.2, -0.15) is 0 Å². The monoisotopic (exact) mass is 294 g/mol. The van der Waals surface area contributed by atoms with Gasteiger partial charge >= 0.3 is 5.97 Å². The highest BCUT2D eigenvalue weighted by Crippen LogP contribution is 2.31. The van der Waals surface area contributed by atoms with Crippen LogP contribution < -0.4 is 0 Å². The lowest BCUT2D eigenvalue weighted by atomic mass is 10.3. The predicted octanol–water partition coefficient (Wildman–Crippen LogP) is 2.08. The minimum Gasteiger partial charge on any atom is -0.466 e. The van der Waals surface area contributed by atoms with Crippen molar-refractivity contribution in [1.29, 1.82) is 0 Å². The Balaban J connectivity index is 2.29. The molecule has 0 saturated carbocycles. The number of amidine groups is 1. The SMILES string of the molecule is COC(=O)/C=C1/SC(=Nc2cccc(F)c2)N(C)C1=O. The van der Waals surface area contributed by atoms with Gasteiger partial charge < -0.3 is 4.74 Å². The normalized spacial score (nSPS) is 18.9. The van der Waals surface area contributed by atoms with Crippen LogP contribution in [0.2, 0.25) is 0 Å². The van der Waals surface area contributed by atoms with Gasteiger partial charge in [0.2, 0.25) is 0 Å². The first-order valence-electron chi connectivity index (χ1n) is 5.61. The molecule has 1 aliphatic rings. The molecule has 0 aliphatic carbocycles. The zero-order valence-electron chi connectivity index (χ0n) is 10.8. The molecular formula is C13H11FN2O3S. The van der Waals surface area contributed by atoms with Gasteiger partial charge in [0, 0.05) is 13.1 Å². The van der Waals surface area contributed by atoms with Crippen LogP contribution in [0.1, 0.15) is 0 Å². The molecule has 0 radical (unpaired) electrons. The fourth-order valence-electron chi connectivity index (χ4n) is 1.47. The van der Waals surface area contributed by atoms with E-state index in [4.69, 9.17) is 0 Å². The Labute approximate surface area is 119 Å². The number of thioether (sulfide) groups is 1. The lowest BCUT2D eigenvalue weighted by Crippen LogP contribution is -2.23. The summed E-state index contributed by atoms with van der Waals surface area (Å²) in [4.78, 5) is 28.8. The van der Waals surface area contributed by atoms with Crippen LogP contribution in [0.5, 0.6) is 0 Å². The number of methoxy groups -OCH3 is 1. The van der Waals surface area contributed by atoms with E-state index in [0.29, 0.717) is 10.9 Å². The number of halogens is 1. The molecule has 7 heteroatoms. The van der Waals surface area contributed by atoms with Crippen molar-refractivity contribution in [3.8, 4) is 0 Å². The van der Waals surface area contributed by atoms with E-state index in [2.05, 4.69) is 9.73 Å². The van der Waals surface area contributed by atoms with Crippen molar-refractivity contribution < 1.29 is 18.7 Å². The Morgan fingerprint density at radius 1 is 1.50 bits per heavy atom. The fourth-order valence-corrected chi connectivity index (χ4v) is 2.42. The third-order valence-corrected chi connectivity index (χ3v) is 3.55. The number of hydrogen-bond donors (Lipinski definition) is 0. The van der Waals surface area contributed by atoms with Gasteiger partial charge in [-0.3, -0.25) is 9.69 Å². The number of esters is 1. The van der Waals surface area contributed by atoms with E-state index < -0.39 is 11.8 Å². The summed E-state index contributed by atoms with van der Waals surface area (Å²) in [6.07, 6.45) is 1.11. The first-order valence-corrected chi connectivity index (χ1v) is 6.42. The number of aliphatic imine (C=N–C) groups is 1. The van der Waals surface area contributed by atoms with Crippen LogP contribution in [0.25, 0.3) is 0 Å². The molecule has 1 aromatic rings. The van der Waals surface area contributed by atoms with E-state index in [1.54, 1.807) is 6.07 Å². The molecule has 1 heterocycles.